The first-order valence-electron chi connectivity index (χ1n) is 9.92. The van der Waals surface area contributed by atoms with E-state index in [2.05, 4.69) is 36.8 Å². The zero-order valence-electron chi connectivity index (χ0n) is 17.2. The van der Waals surface area contributed by atoms with E-state index in [1.54, 1.807) is 30.5 Å². The lowest BCUT2D eigenvalue weighted by molar-refractivity contribution is 0.0953. The predicted molar refractivity (Wildman–Crippen MR) is 121 cm³/mol. The van der Waals surface area contributed by atoms with Gasteiger partial charge in [0, 0.05) is 33.8 Å². The van der Waals surface area contributed by atoms with E-state index in [1.807, 2.05) is 26.0 Å². The Labute approximate surface area is 188 Å². The quantitative estimate of drug-likeness (QED) is 0.525. The summed E-state index contributed by atoms with van der Waals surface area (Å²) in [6.45, 7) is 3.71. The standard InChI is InChI=1S/C23H21BrN4O3/c1-13-5-4-12-25-21(13)26-23(30)20-14(2)19-17(6-3-7-18(19)31-20)27-28-22(29)15-8-10-16(24)11-9-15/h4-5,8-12H,3,6-7H2,1-2H3,(H,28,29)(H,25,26,30)/b27-17+. The maximum Gasteiger partial charge on any atom is 0.292 e. The lowest BCUT2D eigenvalue weighted by Gasteiger charge is -2.13. The van der Waals surface area contributed by atoms with Crippen molar-refractivity contribution < 1.29 is 14.0 Å². The Morgan fingerprint density at radius 2 is 1.87 bits per heavy atom. The minimum atomic E-state index is -0.355. The molecule has 2 aromatic heterocycles. The van der Waals surface area contributed by atoms with E-state index in [1.165, 1.54) is 0 Å². The molecule has 0 spiro atoms. The number of hydrogen-bond acceptors (Lipinski definition) is 5. The van der Waals surface area contributed by atoms with Gasteiger partial charge in [-0.1, -0.05) is 22.0 Å². The molecule has 0 saturated heterocycles. The van der Waals surface area contributed by atoms with Crippen LogP contribution in [0.1, 0.15) is 56.2 Å². The molecule has 0 fully saturated rings. The number of benzene rings is 1. The molecule has 1 aliphatic carbocycles. The summed E-state index contributed by atoms with van der Waals surface area (Å²) < 4.78 is 6.80. The van der Waals surface area contributed by atoms with E-state index in [-0.39, 0.29) is 17.6 Å². The number of pyridine rings is 1. The Kier molecular flexibility index (Phi) is 5.99. The van der Waals surface area contributed by atoms with Gasteiger partial charge in [0.25, 0.3) is 11.8 Å². The highest BCUT2D eigenvalue weighted by Gasteiger charge is 2.28. The molecule has 0 atom stereocenters. The second-order valence-corrected chi connectivity index (χ2v) is 8.25. The van der Waals surface area contributed by atoms with Crippen LogP contribution in [0.2, 0.25) is 0 Å². The van der Waals surface area contributed by atoms with Gasteiger partial charge in [-0.25, -0.2) is 10.4 Å². The molecule has 3 aromatic rings. The zero-order chi connectivity index (χ0) is 22.0. The molecule has 0 unspecified atom stereocenters. The Balaban J connectivity index is 1.57. The number of rotatable bonds is 4. The van der Waals surface area contributed by atoms with E-state index in [4.69, 9.17) is 4.42 Å². The summed E-state index contributed by atoms with van der Waals surface area (Å²) >= 11 is 3.35. The van der Waals surface area contributed by atoms with Crippen LogP contribution in [-0.2, 0) is 6.42 Å². The summed E-state index contributed by atoms with van der Waals surface area (Å²) in [6, 6.07) is 10.7. The van der Waals surface area contributed by atoms with Crippen molar-refractivity contribution in [3.63, 3.8) is 0 Å². The SMILES string of the molecule is Cc1cccnc1NC(=O)c1oc2c(c1C)/C(=N/NC(=O)c1ccc(Br)cc1)CCC2. The van der Waals surface area contributed by atoms with E-state index >= 15 is 0 Å². The van der Waals surface area contributed by atoms with Crippen molar-refractivity contribution in [2.45, 2.75) is 33.1 Å². The maximum atomic E-state index is 12.8. The first kappa shape index (κ1) is 21.0. The molecule has 1 aromatic carbocycles. The average molecular weight is 481 g/mol. The van der Waals surface area contributed by atoms with Gasteiger partial charge >= 0.3 is 0 Å². The molecule has 8 heteroatoms. The number of aryl methyl sites for hydroxylation is 2. The molecule has 7 nitrogen and oxygen atoms in total. The lowest BCUT2D eigenvalue weighted by atomic mass is 9.93. The van der Waals surface area contributed by atoms with Crippen molar-refractivity contribution >= 4 is 39.3 Å². The number of nitrogens with one attached hydrogen (secondary N) is 2. The van der Waals surface area contributed by atoms with Gasteiger partial charge in [0.15, 0.2) is 5.76 Å². The topological polar surface area (TPSA) is 96.6 Å². The molecule has 0 bridgehead atoms. The Bertz CT molecular complexity index is 1180. The third-order valence-electron chi connectivity index (χ3n) is 5.17. The number of hydrazone groups is 1. The van der Waals surface area contributed by atoms with E-state index < -0.39 is 0 Å². The molecule has 0 radical (unpaired) electrons. The number of carbonyl (C=O) groups is 2. The number of furan rings is 1. The van der Waals surface area contributed by atoms with Crippen molar-refractivity contribution in [2.24, 2.45) is 5.10 Å². The zero-order valence-corrected chi connectivity index (χ0v) is 18.7. The van der Waals surface area contributed by atoms with Crippen LogP contribution in [0.4, 0.5) is 5.82 Å². The number of carbonyl (C=O) groups excluding carboxylic acids is 2. The summed E-state index contributed by atoms with van der Waals surface area (Å²) in [6.07, 6.45) is 3.86. The number of fused-ring (bicyclic) bond motifs is 1. The van der Waals surface area contributed by atoms with E-state index in [0.29, 0.717) is 41.3 Å². The van der Waals surface area contributed by atoms with Crippen LogP contribution in [0, 0.1) is 13.8 Å². The van der Waals surface area contributed by atoms with Crippen molar-refractivity contribution in [3.05, 3.63) is 80.8 Å². The van der Waals surface area contributed by atoms with Gasteiger partial charge in [0.1, 0.15) is 11.6 Å². The number of halogens is 1. The van der Waals surface area contributed by atoms with Crippen LogP contribution in [0.3, 0.4) is 0 Å². The fourth-order valence-electron chi connectivity index (χ4n) is 3.56. The fourth-order valence-corrected chi connectivity index (χ4v) is 3.83. The van der Waals surface area contributed by atoms with Gasteiger partial charge in [-0.2, -0.15) is 5.10 Å². The smallest absolute Gasteiger partial charge is 0.292 e. The molecule has 1 aliphatic rings. The van der Waals surface area contributed by atoms with Crippen LogP contribution >= 0.6 is 15.9 Å². The molecule has 2 amide bonds. The summed E-state index contributed by atoms with van der Waals surface area (Å²) in [5.74, 6) is 0.799. The first-order valence-corrected chi connectivity index (χ1v) is 10.7. The third kappa shape index (κ3) is 4.44. The number of nitrogens with zero attached hydrogens (tertiary/aromatic N) is 2. The van der Waals surface area contributed by atoms with Crippen molar-refractivity contribution in [1.82, 2.24) is 10.4 Å². The highest BCUT2D eigenvalue weighted by Crippen LogP contribution is 2.30. The fraction of sp³-hybridized carbons (Fsp3) is 0.217. The van der Waals surface area contributed by atoms with Crippen LogP contribution in [0.5, 0.6) is 0 Å². The molecular formula is C23H21BrN4O3. The number of aromatic nitrogens is 1. The Hall–Kier alpha value is -3.26. The largest absolute Gasteiger partial charge is 0.455 e. The second-order valence-electron chi connectivity index (χ2n) is 7.34. The predicted octanol–water partition coefficient (Wildman–Crippen LogP) is 4.78. The molecule has 31 heavy (non-hydrogen) atoms. The molecule has 2 heterocycles. The van der Waals surface area contributed by atoms with E-state index in [9.17, 15) is 9.59 Å². The van der Waals surface area contributed by atoms with Gasteiger partial charge in [0.2, 0.25) is 0 Å². The molecule has 0 saturated carbocycles. The number of hydrogen-bond donors (Lipinski definition) is 2. The molecule has 2 N–H and O–H groups in total. The molecular weight excluding hydrogens is 460 g/mol. The summed E-state index contributed by atoms with van der Waals surface area (Å²) in [7, 11) is 0. The van der Waals surface area contributed by atoms with Gasteiger partial charge in [-0.15, -0.1) is 0 Å². The maximum absolute atomic E-state index is 12.8. The summed E-state index contributed by atoms with van der Waals surface area (Å²) in [5, 5.41) is 7.17. The first-order chi connectivity index (χ1) is 14.9. The molecule has 0 aliphatic heterocycles. The van der Waals surface area contributed by atoms with Crippen LogP contribution < -0.4 is 10.7 Å². The Morgan fingerprint density at radius 3 is 2.61 bits per heavy atom. The van der Waals surface area contributed by atoms with Crippen LogP contribution in [0.25, 0.3) is 0 Å². The van der Waals surface area contributed by atoms with Gasteiger partial charge in [-0.05, 0) is 62.6 Å². The molecule has 158 valence electrons. The van der Waals surface area contributed by atoms with Crippen LogP contribution in [-0.4, -0.2) is 22.5 Å². The minimum absolute atomic E-state index is 0.240. The van der Waals surface area contributed by atoms with Crippen LogP contribution in [0.15, 0.2) is 56.6 Å². The normalized spacial score (nSPS) is 14.2. The van der Waals surface area contributed by atoms with Crippen molar-refractivity contribution in [2.75, 3.05) is 5.32 Å². The lowest BCUT2D eigenvalue weighted by Crippen LogP contribution is -2.22. The monoisotopic (exact) mass is 480 g/mol. The number of amides is 2. The second kappa shape index (κ2) is 8.85. The van der Waals surface area contributed by atoms with Crippen molar-refractivity contribution in [1.29, 1.82) is 0 Å². The summed E-state index contributed by atoms with van der Waals surface area (Å²) in [5.41, 5.74) is 6.21. The van der Waals surface area contributed by atoms with E-state index in [0.717, 1.165) is 22.0 Å². The highest BCUT2D eigenvalue weighted by atomic mass is 79.9. The van der Waals surface area contributed by atoms with Gasteiger partial charge in [-0.3, -0.25) is 9.59 Å². The highest BCUT2D eigenvalue weighted by molar-refractivity contribution is 9.10. The minimum Gasteiger partial charge on any atom is -0.455 e. The molecule has 4 rings (SSSR count). The average Bonchev–Trinajstić information content (AvgIpc) is 3.11. The van der Waals surface area contributed by atoms with Crippen molar-refractivity contribution in [3.8, 4) is 0 Å². The third-order valence-corrected chi connectivity index (χ3v) is 5.70. The van der Waals surface area contributed by atoms with Gasteiger partial charge in [0.05, 0.1) is 5.71 Å². The summed E-state index contributed by atoms with van der Waals surface area (Å²) in [4.78, 5) is 29.5. The number of anilines is 1. The Morgan fingerprint density at radius 1 is 1.10 bits per heavy atom. The van der Waals surface area contributed by atoms with Gasteiger partial charge < -0.3 is 9.73 Å².